The minimum Gasteiger partial charge on any atom is -0.342 e. The van der Waals surface area contributed by atoms with Crippen LogP contribution >= 0.6 is 0 Å². The van der Waals surface area contributed by atoms with Gasteiger partial charge in [0.2, 0.25) is 11.7 Å². The highest BCUT2D eigenvalue weighted by Gasteiger charge is 2.34. The molecule has 2 N–H and O–H groups in total. The van der Waals surface area contributed by atoms with Crippen molar-refractivity contribution in [2.75, 3.05) is 0 Å². The van der Waals surface area contributed by atoms with Gasteiger partial charge in [0.1, 0.15) is 0 Å². The Morgan fingerprint density at radius 3 is 2.29 bits per heavy atom. The van der Waals surface area contributed by atoms with Crippen LogP contribution in [0.3, 0.4) is 0 Å². The number of carbonyl (C=O) groups is 1. The summed E-state index contributed by atoms with van der Waals surface area (Å²) in [5, 5.41) is 2.94. The number of nitrogens with zero attached hydrogens (tertiary/aromatic N) is 1. The van der Waals surface area contributed by atoms with Crippen molar-refractivity contribution in [3.8, 4) is 0 Å². The molecule has 1 atom stereocenters. The van der Waals surface area contributed by atoms with E-state index >= 15 is 0 Å². The lowest BCUT2D eigenvalue weighted by atomic mass is 9.98. The standard InChI is InChI=1S/C24H18F3N3O/c25-24(26,27)23-28-19-13-12-18(15-20(19)29-23)22(17-9-5-2-6-10-17)30-21(31)14-11-16-7-3-1-4-8-16/h1-15,22H,(H,28,29)(H,30,31)/b14-11+. The zero-order valence-electron chi connectivity index (χ0n) is 16.2. The molecule has 7 heteroatoms. The third-order valence-electron chi connectivity index (χ3n) is 4.75. The van der Waals surface area contributed by atoms with Crippen LogP contribution in [0.5, 0.6) is 0 Å². The molecule has 0 spiro atoms. The number of rotatable bonds is 5. The lowest BCUT2D eigenvalue weighted by Gasteiger charge is -2.19. The van der Waals surface area contributed by atoms with E-state index < -0.39 is 18.0 Å². The first-order valence-electron chi connectivity index (χ1n) is 9.55. The summed E-state index contributed by atoms with van der Waals surface area (Å²) in [6.45, 7) is 0. The Labute approximate surface area is 176 Å². The maximum Gasteiger partial charge on any atom is 0.449 e. The second-order valence-electron chi connectivity index (χ2n) is 6.96. The number of alkyl halides is 3. The van der Waals surface area contributed by atoms with Crippen molar-refractivity contribution in [1.82, 2.24) is 15.3 Å². The second-order valence-corrected chi connectivity index (χ2v) is 6.96. The summed E-state index contributed by atoms with van der Waals surface area (Å²) in [5.41, 5.74) is 2.78. The molecule has 3 aromatic carbocycles. The van der Waals surface area contributed by atoms with Gasteiger partial charge < -0.3 is 10.3 Å². The van der Waals surface area contributed by atoms with E-state index in [1.165, 1.54) is 12.1 Å². The number of hydrogen-bond acceptors (Lipinski definition) is 2. The van der Waals surface area contributed by atoms with Gasteiger partial charge in [0.25, 0.3) is 0 Å². The number of aromatic amines is 1. The van der Waals surface area contributed by atoms with Crippen LogP contribution in [0.4, 0.5) is 13.2 Å². The number of fused-ring (bicyclic) bond motifs is 1. The van der Waals surface area contributed by atoms with E-state index in [2.05, 4.69) is 15.3 Å². The molecule has 0 aliphatic rings. The molecule has 0 saturated heterocycles. The Balaban J connectivity index is 1.65. The number of amides is 1. The second kappa shape index (κ2) is 8.47. The van der Waals surface area contributed by atoms with Gasteiger partial charge in [-0.3, -0.25) is 4.79 Å². The van der Waals surface area contributed by atoms with Gasteiger partial charge in [-0.05, 0) is 34.9 Å². The molecule has 0 radical (unpaired) electrons. The summed E-state index contributed by atoms with van der Waals surface area (Å²) in [4.78, 5) is 18.5. The maximum absolute atomic E-state index is 13.0. The molecule has 4 rings (SSSR count). The highest BCUT2D eigenvalue weighted by Crippen LogP contribution is 2.30. The average Bonchev–Trinajstić information content (AvgIpc) is 3.21. The molecule has 1 amide bonds. The fourth-order valence-electron chi connectivity index (χ4n) is 3.27. The topological polar surface area (TPSA) is 57.8 Å². The van der Waals surface area contributed by atoms with E-state index in [-0.39, 0.29) is 16.9 Å². The fraction of sp³-hybridized carbons (Fsp3) is 0.0833. The Morgan fingerprint density at radius 2 is 1.61 bits per heavy atom. The molecule has 0 saturated carbocycles. The SMILES string of the molecule is O=C(/C=C/c1ccccc1)NC(c1ccccc1)c1ccc2nc(C(F)(F)F)[nH]c2c1. The predicted molar refractivity (Wildman–Crippen MR) is 113 cm³/mol. The number of nitrogens with one attached hydrogen (secondary N) is 2. The summed E-state index contributed by atoms with van der Waals surface area (Å²) in [7, 11) is 0. The maximum atomic E-state index is 13.0. The molecule has 4 aromatic rings. The molecule has 0 fully saturated rings. The van der Waals surface area contributed by atoms with Crippen molar-refractivity contribution in [2.45, 2.75) is 12.2 Å². The average molecular weight is 421 g/mol. The van der Waals surface area contributed by atoms with E-state index in [0.717, 1.165) is 11.1 Å². The van der Waals surface area contributed by atoms with Gasteiger partial charge in [-0.2, -0.15) is 13.2 Å². The third-order valence-corrected chi connectivity index (χ3v) is 4.75. The Kier molecular flexibility index (Phi) is 5.58. The summed E-state index contributed by atoms with van der Waals surface area (Å²) in [6.07, 6.45) is -1.43. The van der Waals surface area contributed by atoms with Gasteiger partial charge in [-0.15, -0.1) is 0 Å². The first kappa shape index (κ1) is 20.4. The quantitative estimate of drug-likeness (QED) is 0.418. The van der Waals surface area contributed by atoms with Crippen molar-refractivity contribution in [2.24, 2.45) is 0 Å². The third kappa shape index (κ3) is 4.83. The van der Waals surface area contributed by atoms with Crippen molar-refractivity contribution < 1.29 is 18.0 Å². The molecule has 156 valence electrons. The van der Waals surface area contributed by atoms with Crippen LogP contribution in [0.15, 0.2) is 84.9 Å². The van der Waals surface area contributed by atoms with Crippen LogP contribution in [0.25, 0.3) is 17.1 Å². The van der Waals surface area contributed by atoms with E-state index in [1.807, 2.05) is 60.7 Å². The van der Waals surface area contributed by atoms with Crippen LogP contribution in [-0.2, 0) is 11.0 Å². The highest BCUT2D eigenvalue weighted by molar-refractivity contribution is 5.92. The highest BCUT2D eigenvalue weighted by atomic mass is 19.4. The van der Waals surface area contributed by atoms with Crippen molar-refractivity contribution >= 4 is 23.0 Å². The summed E-state index contributed by atoms with van der Waals surface area (Å²) in [5.74, 6) is -1.37. The van der Waals surface area contributed by atoms with Crippen LogP contribution in [0.1, 0.15) is 28.6 Å². The lowest BCUT2D eigenvalue weighted by molar-refractivity contribution is -0.144. The molecule has 0 bridgehead atoms. The van der Waals surface area contributed by atoms with Crippen molar-refractivity contribution in [3.63, 3.8) is 0 Å². The number of H-pyrrole nitrogens is 1. The molecule has 0 aliphatic carbocycles. The van der Waals surface area contributed by atoms with Crippen molar-refractivity contribution in [1.29, 1.82) is 0 Å². The minimum absolute atomic E-state index is 0.207. The molecule has 0 aliphatic heterocycles. The Morgan fingerprint density at radius 1 is 0.935 bits per heavy atom. The van der Waals surface area contributed by atoms with Crippen LogP contribution in [0, 0.1) is 0 Å². The number of carbonyl (C=O) groups excluding carboxylic acids is 1. The molecular formula is C24H18F3N3O. The zero-order valence-corrected chi connectivity index (χ0v) is 16.2. The van der Waals surface area contributed by atoms with Crippen LogP contribution < -0.4 is 5.32 Å². The first-order valence-corrected chi connectivity index (χ1v) is 9.55. The summed E-state index contributed by atoms with van der Waals surface area (Å²) >= 11 is 0. The Bertz CT molecular complexity index is 1220. The zero-order chi connectivity index (χ0) is 21.8. The van der Waals surface area contributed by atoms with Gasteiger partial charge in [0.15, 0.2) is 0 Å². The number of imidazole rings is 1. The first-order chi connectivity index (χ1) is 14.9. The Hall–Kier alpha value is -3.87. The normalized spacial score (nSPS) is 12.9. The minimum atomic E-state index is -4.56. The van der Waals surface area contributed by atoms with Crippen molar-refractivity contribution in [3.05, 3.63) is 107 Å². The number of aromatic nitrogens is 2. The number of benzene rings is 3. The summed E-state index contributed by atoms with van der Waals surface area (Å²) in [6, 6.07) is 22.8. The number of hydrogen-bond donors (Lipinski definition) is 2. The van der Waals surface area contributed by atoms with E-state index in [0.29, 0.717) is 5.56 Å². The van der Waals surface area contributed by atoms with Gasteiger partial charge in [0, 0.05) is 6.08 Å². The van der Waals surface area contributed by atoms with E-state index in [1.54, 1.807) is 18.2 Å². The fourth-order valence-corrected chi connectivity index (χ4v) is 3.27. The van der Waals surface area contributed by atoms with Crippen LogP contribution in [-0.4, -0.2) is 15.9 Å². The molecular weight excluding hydrogens is 403 g/mol. The van der Waals surface area contributed by atoms with E-state index in [4.69, 9.17) is 0 Å². The summed E-state index contributed by atoms with van der Waals surface area (Å²) < 4.78 is 39.0. The molecule has 1 unspecified atom stereocenters. The largest absolute Gasteiger partial charge is 0.449 e. The van der Waals surface area contributed by atoms with Gasteiger partial charge in [-0.1, -0.05) is 66.7 Å². The van der Waals surface area contributed by atoms with Crippen LogP contribution in [0.2, 0.25) is 0 Å². The molecule has 31 heavy (non-hydrogen) atoms. The smallest absolute Gasteiger partial charge is 0.342 e. The molecule has 1 aromatic heterocycles. The van der Waals surface area contributed by atoms with E-state index in [9.17, 15) is 18.0 Å². The predicted octanol–water partition coefficient (Wildman–Crippen LogP) is 5.50. The number of halogens is 3. The lowest BCUT2D eigenvalue weighted by Crippen LogP contribution is -2.27. The van der Waals surface area contributed by atoms with Gasteiger partial charge in [-0.25, -0.2) is 4.98 Å². The van der Waals surface area contributed by atoms with Gasteiger partial charge >= 0.3 is 6.18 Å². The van der Waals surface area contributed by atoms with Gasteiger partial charge in [0.05, 0.1) is 17.1 Å². The molecule has 1 heterocycles. The monoisotopic (exact) mass is 421 g/mol. The molecule has 4 nitrogen and oxygen atoms in total.